The summed E-state index contributed by atoms with van der Waals surface area (Å²) in [4.78, 5) is 36.3. The molecule has 0 unspecified atom stereocenters. The summed E-state index contributed by atoms with van der Waals surface area (Å²) in [6.45, 7) is 2.20. The molecule has 0 spiro atoms. The van der Waals surface area contributed by atoms with Gasteiger partial charge in [-0.2, -0.15) is 0 Å². The van der Waals surface area contributed by atoms with Crippen molar-refractivity contribution in [3.05, 3.63) is 34.2 Å². The number of likely N-dealkylation sites (tertiary alicyclic amines) is 1. The van der Waals surface area contributed by atoms with E-state index in [4.69, 9.17) is 0 Å². The van der Waals surface area contributed by atoms with Gasteiger partial charge in [0.1, 0.15) is 0 Å². The smallest absolute Gasteiger partial charge is 0.317 e. The largest absolute Gasteiger partial charge is 0.550 e. The minimum atomic E-state index is -1.10. The minimum absolute atomic E-state index is 0.0254. The van der Waals surface area contributed by atoms with Crippen LogP contribution in [0.25, 0.3) is 0 Å². The fourth-order valence-electron chi connectivity index (χ4n) is 3.60. The number of fused-ring (bicyclic) bond motifs is 4. The Morgan fingerprint density at radius 3 is 2.87 bits per heavy atom. The number of urea groups is 1. The maximum Gasteiger partial charge on any atom is 0.317 e. The molecule has 2 bridgehead atoms. The van der Waals surface area contributed by atoms with Crippen molar-refractivity contribution in [3.63, 3.8) is 0 Å². The zero-order chi connectivity index (χ0) is 16.4. The number of piperidine rings is 1. The number of carbonyl (C=O) groups excluding carboxylic acids is 2. The van der Waals surface area contributed by atoms with Crippen LogP contribution in [0.5, 0.6) is 0 Å². The van der Waals surface area contributed by atoms with Gasteiger partial charge >= 0.3 is 6.03 Å². The molecule has 1 aromatic rings. The van der Waals surface area contributed by atoms with E-state index in [0.29, 0.717) is 32.6 Å². The fourth-order valence-corrected chi connectivity index (χ4v) is 3.60. The highest BCUT2D eigenvalue weighted by Crippen LogP contribution is 2.34. The second-order valence-electron chi connectivity index (χ2n) is 6.31. The quantitative estimate of drug-likeness (QED) is 0.758. The van der Waals surface area contributed by atoms with Gasteiger partial charge in [0.25, 0.3) is 5.56 Å². The molecule has 0 radical (unpaired) electrons. The van der Waals surface area contributed by atoms with Crippen molar-refractivity contribution >= 4 is 12.0 Å². The lowest BCUT2D eigenvalue weighted by Gasteiger charge is -2.42. The average molecular weight is 318 g/mol. The molecule has 0 aromatic carbocycles. The maximum atomic E-state index is 12.2. The van der Waals surface area contributed by atoms with Crippen LogP contribution in [-0.2, 0) is 11.3 Å². The van der Waals surface area contributed by atoms with Crippen LogP contribution in [0.3, 0.4) is 0 Å². The predicted octanol–water partition coefficient (Wildman–Crippen LogP) is -0.493. The first-order chi connectivity index (χ1) is 11.0. The predicted molar refractivity (Wildman–Crippen MR) is 80.8 cm³/mol. The molecule has 7 heteroatoms. The van der Waals surface area contributed by atoms with Crippen molar-refractivity contribution in [1.82, 2.24) is 14.8 Å². The molecule has 3 heterocycles. The molecule has 1 N–H and O–H groups in total. The molecule has 3 rings (SSSR count). The lowest BCUT2D eigenvalue weighted by Crippen LogP contribution is -2.52. The van der Waals surface area contributed by atoms with Gasteiger partial charge in [0.15, 0.2) is 0 Å². The molecular weight excluding hydrogens is 298 g/mol. The molecular formula is C16H20N3O4-. The zero-order valence-electron chi connectivity index (χ0n) is 12.9. The van der Waals surface area contributed by atoms with Crippen LogP contribution in [0, 0.1) is 5.92 Å². The molecule has 2 aliphatic rings. The molecule has 0 aliphatic carbocycles. The third-order valence-electron chi connectivity index (χ3n) is 4.60. The van der Waals surface area contributed by atoms with E-state index in [0.717, 1.165) is 12.1 Å². The van der Waals surface area contributed by atoms with Gasteiger partial charge in [0.2, 0.25) is 0 Å². The Morgan fingerprint density at radius 1 is 1.26 bits per heavy atom. The molecule has 7 nitrogen and oxygen atoms in total. The van der Waals surface area contributed by atoms with Crippen LogP contribution in [0.15, 0.2) is 23.0 Å². The number of pyridine rings is 1. The average Bonchev–Trinajstić information content (AvgIpc) is 2.52. The van der Waals surface area contributed by atoms with Crippen LogP contribution >= 0.6 is 0 Å². The molecule has 2 atom stereocenters. The van der Waals surface area contributed by atoms with Crippen LogP contribution in [0.1, 0.15) is 30.9 Å². The number of carboxylic acids is 1. The summed E-state index contributed by atoms with van der Waals surface area (Å²) in [6.07, 6.45) is 1.31. The van der Waals surface area contributed by atoms with Crippen LogP contribution in [0.4, 0.5) is 4.79 Å². The summed E-state index contributed by atoms with van der Waals surface area (Å²) in [5.74, 6) is -0.630. The Hall–Kier alpha value is -2.31. The molecule has 2 aliphatic heterocycles. The number of hydrogen-bond acceptors (Lipinski definition) is 4. The number of carboxylic acid groups (broad SMARTS) is 1. The number of nitrogens with zero attached hydrogens (tertiary/aromatic N) is 2. The van der Waals surface area contributed by atoms with E-state index >= 15 is 0 Å². The van der Waals surface area contributed by atoms with Crippen molar-refractivity contribution in [2.24, 2.45) is 5.92 Å². The van der Waals surface area contributed by atoms with E-state index in [1.165, 1.54) is 0 Å². The van der Waals surface area contributed by atoms with Gasteiger partial charge in [0.05, 0.1) is 0 Å². The summed E-state index contributed by atoms with van der Waals surface area (Å²) in [5, 5.41) is 13.1. The van der Waals surface area contributed by atoms with E-state index in [-0.39, 0.29) is 29.8 Å². The van der Waals surface area contributed by atoms with E-state index < -0.39 is 5.97 Å². The van der Waals surface area contributed by atoms with Crippen LogP contribution in [-0.4, -0.2) is 41.1 Å². The zero-order valence-corrected chi connectivity index (χ0v) is 12.9. The first-order valence-electron chi connectivity index (χ1n) is 7.97. The van der Waals surface area contributed by atoms with Crippen molar-refractivity contribution in [2.45, 2.75) is 31.7 Å². The number of hydrogen-bond donors (Lipinski definition) is 1. The lowest BCUT2D eigenvalue weighted by molar-refractivity contribution is -0.305. The van der Waals surface area contributed by atoms with E-state index in [9.17, 15) is 19.5 Å². The highest BCUT2D eigenvalue weighted by molar-refractivity contribution is 5.74. The van der Waals surface area contributed by atoms with Gasteiger partial charge in [-0.05, 0) is 31.2 Å². The molecule has 1 fully saturated rings. The molecule has 0 saturated carbocycles. The summed E-state index contributed by atoms with van der Waals surface area (Å²) in [5.41, 5.74) is 1.03. The van der Waals surface area contributed by atoms with Gasteiger partial charge in [0, 0.05) is 49.8 Å². The van der Waals surface area contributed by atoms with Gasteiger partial charge < -0.3 is 24.7 Å². The normalized spacial score (nSPS) is 22.3. The Bertz CT molecular complexity index is 670. The maximum absolute atomic E-state index is 12.2. The van der Waals surface area contributed by atoms with Gasteiger partial charge in [-0.3, -0.25) is 4.79 Å². The summed E-state index contributed by atoms with van der Waals surface area (Å²) >= 11 is 0. The number of rotatable bonds is 4. The number of carbonyl (C=O) groups is 2. The Labute approximate surface area is 133 Å². The summed E-state index contributed by atoms with van der Waals surface area (Å²) < 4.78 is 1.83. The van der Waals surface area contributed by atoms with E-state index in [1.807, 2.05) is 10.6 Å². The number of aliphatic carboxylic acids is 1. The molecule has 2 amide bonds. The van der Waals surface area contributed by atoms with E-state index in [1.54, 1.807) is 17.0 Å². The third-order valence-corrected chi connectivity index (χ3v) is 4.60. The second kappa shape index (κ2) is 6.44. The Balaban J connectivity index is 1.62. The number of aromatic nitrogens is 1. The topological polar surface area (TPSA) is 94.5 Å². The highest BCUT2D eigenvalue weighted by atomic mass is 16.4. The second-order valence-corrected chi connectivity index (χ2v) is 6.31. The van der Waals surface area contributed by atoms with Gasteiger partial charge in [-0.25, -0.2) is 4.79 Å². The van der Waals surface area contributed by atoms with Gasteiger partial charge in [-0.1, -0.05) is 6.07 Å². The monoisotopic (exact) mass is 318 g/mol. The molecule has 23 heavy (non-hydrogen) atoms. The van der Waals surface area contributed by atoms with Crippen LogP contribution in [0.2, 0.25) is 0 Å². The lowest BCUT2D eigenvalue weighted by atomic mass is 9.83. The molecule has 124 valence electrons. The summed E-state index contributed by atoms with van der Waals surface area (Å²) in [7, 11) is 0. The number of nitrogens with one attached hydrogen (secondary N) is 1. The first kappa shape index (κ1) is 15.6. The Kier molecular flexibility index (Phi) is 4.36. The van der Waals surface area contributed by atoms with Crippen molar-refractivity contribution in [3.8, 4) is 0 Å². The molecule has 1 aromatic heterocycles. The summed E-state index contributed by atoms with van der Waals surface area (Å²) in [6, 6.07) is 5.15. The standard InChI is InChI=1S/C16H21N3O4/c20-14-4-1-3-13-12-7-11(9-19(13)14)8-18(10-12)16(23)17-6-2-5-15(21)22/h1,3-4,11-12H,2,5-10H2,(H,17,23)(H,21,22)/p-1/t11-,12+/m1/s1. The number of amides is 2. The van der Waals surface area contributed by atoms with Crippen molar-refractivity contribution in [2.75, 3.05) is 19.6 Å². The van der Waals surface area contributed by atoms with Crippen molar-refractivity contribution < 1.29 is 14.7 Å². The SMILES string of the molecule is O=C([O-])CCCNC(=O)N1C[C@H]2C[C@@H](C1)c1cccc(=O)n1C2. The fraction of sp³-hybridized carbons (Fsp3) is 0.562. The van der Waals surface area contributed by atoms with Gasteiger partial charge in [-0.15, -0.1) is 0 Å². The van der Waals surface area contributed by atoms with Crippen molar-refractivity contribution in [1.29, 1.82) is 0 Å². The minimum Gasteiger partial charge on any atom is -0.550 e. The highest BCUT2D eigenvalue weighted by Gasteiger charge is 2.36. The first-order valence-corrected chi connectivity index (χ1v) is 7.97. The van der Waals surface area contributed by atoms with E-state index in [2.05, 4.69) is 5.32 Å². The Morgan fingerprint density at radius 2 is 2.09 bits per heavy atom. The molecule has 1 saturated heterocycles. The van der Waals surface area contributed by atoms with Crippen LogP contribution < -0.4 is 16.0 Å². The third kappa shape index (κ3) is 3.38.